The van der Waals surface area contributed by atoms with Crippen molar-refractivity contribution in [2.75, 3.05) is 19.0 Å². The zero-order chi connectivity index (χ0) is 18.0. The molecule has 0 N–H and O–H groups in total. The summed E-state index contributed by atoms with van der Waals surface area (Å²) < 4.78 is 31.8. The molecule has 0 saturated carbocycles. The van der Waals surface area contributed by atoms with E-state index in [1.54, 1.807) is 31.2 Å². The van der Waals surface area contributed by atoms with Crippen LogP contribution in [0, 0.1) is 0 Å². The number of benzene rings is 1. The highest BCUT2D eigenvalue weighted by molar-refractivity contribution is 7.09. The van der Waals surface area contributed by atoms with Gasteiger partial charge in [0, 0.05) is 25.6 Å². The van der Waals surface area contributed by atoms with Gasteiger partial charge < -0.3 is 9.74 Å². The van der Waals surface area contributed by atoms with E-state index in [1.165, 1.54) is 11.5 Å². The van der Waals surface area contributed by atoms with Gasteiger partial charge in [0.05, 0.1) is 11.0 Å². The third-order valence-corrected chi connectivity index (χ3v) is 4.27. The van der Waals surface area contributed by atoms with Gasteiger partial charge in [0.2, 0.25) is 5.13 Å². The number of imidazole rings is 1. The van der Waals surface area contributed by atoms with E-state index in [0.29, 0.717) is 16.9 Å². The van der Waals surface area contributed by atoms with Crippen molar-refractivity contribution in [3.05, 3.63) is 35.9 Å². The highest BCUT2D eigenvalue weighted by Crippen LogP contribution is 2.23. The monoisotopic (exact) mass is 366 g/mol. The molecule has 2 heterocycles. The van der Waals surface area contributed by atoms with E-state index >= 15 is 0 Å². The van der Waals surface area contributed by atoms with Gasteiger partial charge in [-0.25, -0.2) is 4.98 Å². The number of nitrogens with zero attached hydrogens (tertiary/aromatic N) is 6. The number of aromatic nitrogens is 4. The molecule has 0 amide bonds. The van der Waals surface area contributed by atoms with Crippen molar-refractivity contribution in [2.24, 2.45) is 5.16 Å². The van der Waals surface area contributed by atoms with Crippen molar-refractivity contribution in [1.82, 2.24) is 18.9 Å². The van der Waals surface area contributed by atoms with Crippen molar-refractivity contribution < 1.29 is 13.6 Å². The Hall–Kier alpha value is -2.62. The molecule has 0 aliphatic rings. The van der Waals surface area contributed by atoms with E-state index in [0.717, 1.165) is 9.70 Å². The predicted molar refractivity (Wildman–Crippen MR) is 92.2 cm³/mol. The van der Waals surface area contributed by atoms with Gasteiger partial charge in [-0.3, -0.25) is 4.57 Å². The lowest BCUT2D eigenvalue weighted by Crippen LogP contribution is -2.10. The number of hydrogen-bond donors (Lipinski definition) is 0. The van der Waals surface area contributed by atoms with E-state index in [1.807, 2.05) is 19.0 Å². The van der Waals surface area contributed by atoms with E-state index in [4.69, 9.17) is 4.84 Å². The van der Waals surface area contributed by atoms with E-state index < -0.39 is 6.55 Å². The first-order chi connectivity index (χ1) is 12.0. The lowest BCUT2D eigenvalue weighted by atomic mass is 10.3. The fraction of sp³-hybridized carbons (Fsp3) is 0.333. The number of rotatable bonds is 6. The van der Waals surface area contributed by atoms with Crippen molar-refractivity contribution in [2.45, 2.75) is 20.1 Å². The SMILES string of the molecule is C/C(=N\OCc1nsc(N(C)C)n1)c1nc2ccccc2n1C(F)F. The van der Waals surface area contributed by atoms with Gasteiger partial charge in [-0.05, 0) is 19.1 Å². The Balaban J connectivity index is 1.80. The van der Waals surface area contributed by atoms with Gasteiger partial charge in [0.15, 0.2) is 18.3 Å². The largest absolute Gasteiger partial charge is 0.387 e. The predicted octanol–water partition coefficient (Wildman–Crippen LogP) is 3.29. The molecule has 0 saturated heterocycles. The van der Waals surface area contributed by atoms with E-state index in [9.17, 15) is 8.78 Å². The van der Waals surface area contributed by atoms with Crippen LogP contribution in [0.1, 0.15) is 25.1 Å². The minimum absolute atomic E-state index is 0.0522. The first kappa shape index (κ1) is 17.2. The summed E-state index contributed by atoms with van der Waals surface area (Å²) >= 11 is 1.24. The van der Waals surface area contributed by atoms with Crippen LogP contribution in [0.4, 0.5) is 13.9 Å². The highest BCUT2D eigenvalue weighted by atomic mass is 32.1. The molecule has 0 bridgehead atoms. The fourth-order valence-electron chi connectivity index (χ4n) is 2.21. The van der Waals surface area contributed by atoms with Crippen LogP contribution < -0.4 is 4.90 Å². The number of anilines is 1. The summed E-state index contributed by atoms with van der Waals surface area (Å²) in [6.45, 7) is -1.11. The minimum Gasteiger partial charge on any atom is -0.387 e. The summed E-state index contributed by atoms with van der Waals surface area (Å²) in [7, 11) is 3.73. The summed E-state index contributed by atoms with van der Waals surface area (Å²) in [5, 5.41) is 4.64. The second-order valence-electron chi connectivity index (χ2n) is 5.41. The molecule has 0 aliphatic carbocycles. The average Bonchev–Trinajstić information content (AvgIpc) is 3.19. The maximum Gasteiger partial charge on any atom is 0.320 e. The summed E-state index contributed by atoms with van der Waals surface area (Å²) in [4.78, 5) is 15.5. The molecule has 0 spiro atoms. The normalized spacial score (nSPS) is 12.2. The van der Waals surface area contributed by atoms with Gasteiger partial charge in [-0.2, -0.15) is 18.1 Å². The standard InChI is InChI=1S/C15H16F2N6OS/c1-9(20-24-8-12-19-15(22(2)3)25-21-12)13-18-10-6-4-5-7-11(10)23(13)14(16)17/h4-7,14H,8H2,1-3H3/b20-9+. The Labute approximate surface area is 146 Å². The first-order valence-electron chi connectivity index (χ1n) is 7.39. The van der Waals surface area contributed by atoms with Crippen molar-refractivity contribution in [3.63, 3.8) is 0 Å². The second kappa shape index (κ2) is 7.09. The van der Waals surface area contributed by atoms with Gasteiger partial charge in [-0.15, -0.1) is 0 Å². The Kier molecular flexibility index (Phi) is 4.88. The third-order valence-electron chi connectivity index (χ3n) is 3.35. The summed E-state index contributed by atoms with van der Waals surface area (Å²) in [6, 6.07) is 6.70. The van der Waals surface area contributed by atoms with Crippen LogP contribution in [0.5, 0.6) is 0 Å². The molecule has 0 unspecified atom stereocenters. The number of halogens is 2. The van der Waals surface area contributed by atoms with Crippen molar-refractivity contribution in [1.29, 1.82) is 0 Å². The Morgan fingerprint density at radius 3 is 2.76 bits per heavy atom. The first-order valence-corrected chi connectivity index (χ1v) is 8.16. The van der Waals surface area contributed by atoms with Gasteiger partial charge in [0.1, 0.15) is 5.71 Å². The molecule has 0 radical (unpaired) electrons. The van der Waals surface area contributed by atoms with Crippen LogP contribution in [0.2, 0.25) is 0 Å². The highest BCUT2D eigenvalue weighted by Gasteiger charge is 2.19. The molecule has 0 atom stereocenters. The minimum atomic E-state index is -2.73. The van der Waals surface area contributed by atoms with Gasteiger partial charge >= 0.3 is 6.55 Å². The van der Waals surface area contributed by atoms with Crippen LogP contribution >= 0.6 is 11.5 Å². The number of oxime groups is 1. The van der Waals surface area contributed by atoms with Crippen LogP contribution in [-0.2, 0) is 11.4 Å². The lowest BCUT2D eigenvalue weighted by molar-refractivity contribution is 0.0735. The molecular formula is C15H16F2N6OS. The van der Waals surface area contributed by atoms with Gasteiger partial charge in [-0.1, -0.05) is 17.3 Å². The Morgan fingerprint density at radius 2 is 2.08 bits per heavy atom. The van der Waals surface area contributed by atoms with Crippen LogP contribution in [0.3, 0.4) is 0 Å². The Morgan fingerprint density at radius 1 is 1.32 bits per heavy atom. The molecule has 7 nitrogen and oxygen atoms in total. The molecular weight excluding hydrogens is 350 g/mol. The molecule has 25 heavy (non-hydrogen) atoms. The summed E-state index contributed by atoms with van der Waals surface area (Å²) in [6.07, 6.45) is 0. The zero-order valence-electron chi connectivity index (χ0n) is 13.8. The molecule has 0 aliphatic heterocycles. The molecule has 0 fully saturated rings. The van der Waals surface area contributed by atoms with Crippen LogP contribution in [0.15, 0.2) is 29.4 Å². The molecule has 3 aromatic rings. The van der Waals surface area contributed by atoms with E-state index in [2.05, 4.69) is 19.5 Å². The summed E-state index contributed by atoms with van der Waals surface area (Å²) in [5.74, 6) is 0.545. The number of hydrogen-bond acceptors (Lipinski definition) is 7. The maximum atomic E-state index is 13.4. The smallest absolute Gasteiger partial charge is 0.320 e. The maximum absolute atomic E-state index is 13.4. The molecule has 132 valence electrons. The third kappa shape index (κ3) is 3.58. The fourth-order valence-corrected chi connectivity index (χ4v) is 2.80. The molecule has 2 aromatic heterocycles. The quantitative estimate of drug-likeness (QED) is 0.495. The molecule has 1 aromatic carbocycles. The number of fused-ring (bicyclic) bond motifs is 1. The topological polar surface area (TPSA) is 68.4 Å². The molecule has 10 heteroatoms. The van der Waals surface area contributed by atoms with Crippen LogP contribution in [-0.4, -0.2) is 38.7 Å². The number of para-hydroxylation sites is 2. The van der Waals surface area contributed by atoms with Gasteiger partial charge in [0.25, 0.3) is 0 Å². The van der Waals surface area contributed by atoms with E-state index in [-0.39, 0.29) is 18.1 Å². The van der Waals surface area contributed by atoms with Crippen molar-refractivity contribution in [3.8, 4) is 0 Å². The lowest BCUT2D eigenvalue weighted by Gasteiger charge is -2.07. The Bertz CT molecular complexity index is 904. The average molecular weight is 366 g/mol. The second-order valence-corrected chi connectivity index (χ2v) is 6.14. The van der Waals surface area contributed by atoms with Crippen molar-refractivity contribution >= 4 is 33.4 Å². The number of alkyl halides is 2. The summed E-state index contributed by atoms with van der Waals surface area (Å²) in [5.41, 5.74) is 1.07. The molecule has 3 rings (SSSR count). The van der Waals surface area contributed by atoms with Crippen LogP contribution in [0.25, 0.3) is 11.0 Å². The zero-order valence-corrected chi connectivity index (χ0v) is 14.7.